The van der Waals surface area contributed by atoms with Gasteiger partial charge in [0, 0.05) is 27.5 Å². The second kappa shape index (κ2) is 15.0. The van der Waals surface area contributed by atoms with Crippen molar-refractivity contribution < 1.29 is 4.42 Å². The smallest absolute Gasteiger partial charge is 0.164 e. The molecule has 68 heavy (non-hydrogen) atoms. The Balaban J connectivity index is 0.927. The summed E-state index contributed by atoms with van der Waals surface area (Å²) in [6.45, 7) is 0. The third kappa shape index (κ3) is 5.77. The van der Waals surface area contributed by atoms with Crippen molar-refractivity contribution in [2.75, 3.05) is 0 Å². The van der Waals surface area contributed by atoms with Crippen molar-refractivity contribution in [1.29, 1.82) is 0 Å². The molecule has 4 nitrogen and oxygen atoms in total. The first kappa shape index (κ1) is 38.3. The van der Waals surface area contributed by atoms with E-state index < -0.39 is 5.41 Å². The van der Waals surface area contributed by atoms with Gasteiger partial charge in [-0.05, 0) is 102 Å². The van der Waals surface area contributed by atoms with Gasteiger partial charge < -0.3 is 4.42 Å². The molecule has 0 saturated heterocycles. The van der Waals surface area contributed by atoms with Crippen LogP contribution in [0.2, 0.25) is 0 Å². The fourth-order valence-corrected chi connectivity index (χ4v) is 11.1. The maximum absolute atomic E-state index is 6.65. The number of rotatable bonds is 6. The molecule has 0 bridgehead atoms. The molecule has 0 amide bonds. The first-order valence-electron chi connectivity index (χ1n) is 23.2. The number of hydrogen-bond donors (Lipinski definition) is 0. The number of aromatic nitrogens is 3. The van der Waals surface area contributed by atoms with Crippen LogP contribution in [0, 0.1) is 0 Å². The minimum absolute atomic E-state index is 0.424. The Morgan fingerprint density at radius 3 is 1.24 bits per heavy atom. The molecule has 12 aromatic rings. The van der Waals surface area contributed by atoms with Crippen molar-refractivity contribution in [2.24, 2.45) is 0 Å². The highest BCUT2D eigenvalue weighted by atomic mass is 16.3. The lowest BCUT2D eigenvalue weighted by molar-refractivity contribution is 0.669. The summed E-state index contributed by atoms with van der Waals surface area (Å²) >= 11 is 0. The summed E-state index contributed by atoms with van der Waals surface area (Å²) in [5.41, 5.74) is 21.2. The van der Waals surface area contributed by atoms with E-state index in [0.29, 0.717) is 17.5 Å². The second-order valence-electron chi connectivity index (χ2n) is 17.8. The van der Waals surface area contributed by atoms with Crippen molar-refractivity contribution in [1.82, 2.24) is 15.0 Å². The first-order chi connectivity index (χ1) is 33.7. The van der Waals surface area contributed by atoms with Gasteiger partial charge in [-0.25, -0.2) is 15.0 Å². The van der Waals surface area contributed by atoms with Crippen LogP contribution in [0.5, 0.6) is 0 Å². The summed E-state index contributed by atoms with van der Waals surface area (Å²) in [6, 6.07) is 84.5. The zero-order chi connectivity index (χ0) is 44.8. The van der Waals surface area contributed by atoms with Gasteiger partial charge in [0.1, 0.15) is 11.2 Å². The van der Waals surface area contributed by atoms with E-state index in [1.165, 1.54) is 44.5 Å². The predicted molar refractivity (Wildman–Crippen MR) is 276 cm³/mol. The third-order valence-electron chi connectivity index (χ3n) is 14.2. The Morgan fingerprint density at radius 2 is 0.676 bits per heavy atom. The average Bonchev–Trinajstić information content (AvgIpc) is 4.05. The highest BCUT2D eigenvalue weighted by molar-refractivity contribution is 6.13. The van der Waals surface area contributed by atoms with Gasteiger partial charge in [-0.15, -0.1) is 0 Å². The van der Waals surface area contributed by atoms with Crippen LogP contribution in [0.15, 0.2) is 241 Å². The molecule has 0 atom stereocenters. The highest BCUT2D eigenvalue weighted by Gasteiger charge is 2.51. The first-order valence-corrected chi connectivity index (χ1v) is 23.2. The molecule has 0 fully saturated rings. The Bertz CT molecular complexity index is 3780. The number of furan rings is 1. The third-order valence-corrected chi connectivity index (χ3v) is 14.2. The normalized spacial score (nSPS) is 12.8. The van der Waals surface area contributed by atoms with E-state index in [0.717, 1.165) is 72.0 Å². The van der Waals surface area contributed by atoms with Gasteiger partial charge in [0.15, 0.2) is 17.5 Å². The summed E-state index contributed by atoms with van der Waals surface area (Å²) in [6.07, 6.45) is 0. The zero-order valence-corrected chi connectivity index (χ0v) is 36.8. The van der Waals surface area contributed by atoms with E-state index in [2.05, 4.69) is 212 Å². The summed E-state index contributed by atoms with van der Waals surface area (Å²) in [5, 5.41) is 1.97. The molecule has 10 aromatic carbocycles. The van der Waals surface area contributed by atoms with Gasteiger partial charge in [-0.1, -0.05) is 212 Å². The van der Waals surface area contributed by atoms with Gasteiger partial charge in [-0.3, -0.25) is 0 Å². The van der Waals surface area contributed by atoms with Crippen LogP contribution in [-0.4, -0.2) is 15.0 Å². The zero-order valence-electron chi connectivity index (χ0n) is 36.8. The molecule has 2 aliphatic rings. The monoisotopic (exact) mass is 865 g/mol. The molecule has 4 heteroatoms. The molecular formula is C64H39N3O. The minimum atomic E-state index is -0.424. The lowest BCUT2D eigenvalue weighted by atomic mass is 9.70. The van der Waals surface area contributed by atoms with Gasteiger partial charge in [0.25, 0.3) is 0 Å². The van der Waals surface area contributed by atoms with Crippen molar-refractivity contribution in [3.8, 4) is 89.8 Å². The van der Waals surface area contributed by atoms with Crippen molar-refractivity contribution in [2.45, 2.75) is 5.41 Å². The molecule has 14 rings (SSSR count). The van der Waals surface area contributed by atoms with Crippen LogP contribution in [0.25, 0.3) is 112 Å². The van der Waals surface area contributed by atoms with E-state index in [9.17, 15) is 0 Å². The van der Waals surface area contributed by atoms with Gasteiger partial charge in [0.2, 0.25) is 0 Å². The topological polar surface area (TPSA) is 51.8 Å². The van der Waals surface area contributed by atoms with Crippen molar-refractivity contribution in [3.63, 3.8) is 0 Å². The average molecular weight is 866 g/mol. The number of hydrogen-bond acceptors (Lipinski definition) is 4. The van der Waals surface area contributed by atoms with Crippen molar-refractivity contribution >= 4 is 21.9 Å². The van der Waals surface area contributed by atoms with Crippen LogP contribution in [0.3, 0.4) is 0 Å². The lowest BCUT2D eigenvalue weighted by Gasteiger charge is -2.30. The van der Waals surface area contributed by atoms with E-state index >= 15 is 0 Å². The molecule has 0 radical (unpaired) electrons. The molecule has 0 N–H and O–H groups in total. The quantitative estimate of drug-likeness (QED) is 0.167. The summed E-state index contributed by atoms with van der Waals surface area (Å²) in [4.78, 5) is 15.7. The molecular weight excluding hydrogens is 827 g/mol. The van der Waals surface area contributed by atoms with Crippen LogP contribution in [0.4, 0.5) is 0 Å². The SMILES string of the molecule is c1ccc(-c2ccc(-c3nc(-c4ccc(-c5ccccc5)cc4)nc(-c4cccc5oc6ccc(-c7ccc8c(c7)C7(c9ccccc9-c9ccccc97)c7ccccc7-8)cc6c45)n3)cc2)cc1. The van der Waals surface area contributed by atoms with Crippen LogP contribution < -0.4 is 0 Å². The maximum Gasteiger partial charge on any atom is 0.164 e. The van der Waals surface area contributed by atoms with Gasteiger partial charge >= 0.3 is 0 Å². The molecule has 2 aliphatic carbocycles. The largest absolute Gasteiger partial charge is 0.456 e. The molecule has 0 saturated carbocycles. The van der Waals surface area contributed by atoms with Crippen LogP contribution in [0.1, 0.15) is 22.3 Å². The number of nitrogens with zero attached hydrogens (tertiary/aromatic N) is 3. The number of benzene rings is 10. The van der Waals surface area contributed by atoms with Crippen molar-refractivity contribution in [3.05, 3.63) is 259 Å². The highest BCUT2D eigenvalue weighted by Crippen LogP contribution is 2.63. The fourth-order valence-electron chi connectivity index (χ4n) is 11.1. The van der Waals surface area contributed by atoms with Crippen LogP contribution >= 0.6 is 0 Å². The molecule has 2 aromatic heterocycles. The Kier molecular flexibility index (Phi) is 8.46. The van der Waals surface area contributed by atoms with Gasteiger partial charge in [-0.2, -0.15) is 0 Å². The molecule has 0 aliphatic heterocycles. The Labute approximate surface area is 393 Å². The molecule has 0 unspecified atom stereocenters. The van der Waals surface area contributed by atoms with E-state index in [-0.39, 0.29) is 0 Å². The Hall–Kier alpha value is -8.99. The summed E-state index contributed by atoms with van der Waals surface area (Å²) in [5.74, 6) is 1.79. The summed E-state index contributed by atoms with van der Waals surface area (Å²) < 4.78 is 6.65. The fraction of sp³-hybridized carbons (Fsp3) is 0.0156. The lowest BCUT2D eigenvalue weighted by Crippen LogP contribution is -2.25. The molecule has 1 spiro atoms. The van der Waals surface area contributed by atoms with Gasteiger partial charge in [0.05, 0.1) is 5.41 Å². The van der Waals surface area contributed by atoms with Crippen LogP contribution in [-0.2, 0) is 5.41 Å². The van der Waals surface area contributed by atoms with E-state index in [1.807, 2.05) is 24.3 Å². The summed E-state index contributed by atoms with van der Waals surface area (Å²) in [7, 11) is 0. The van der Waals surface area contributed by atoms with E-state index in [1.54, 1.807) is 0 Å². The minimum Gasteiger partial charge on any atom is -0.456 e. The van der Waals surface area contributed by atoms with E-state index in [4.69, 9.17) is 19.4 Å². The molecule has 316 valence electrons. The number of fused-ring (bicyclic) bond motifs is 13. The molecule has 2 heterocycles. The standard InChI is InChI=1S/C64H39N3O/c1-3-14-40(15-4-1)42-26-30-44(31-27-42)61-65-62(45-32-28-43(29-33-45)41-16-5-2-6-17-41)67-63(66-61)52-21-13-25-59-60(52)53-38-46(35-37-58(53)68-59)47-34-36-51-50-20-9-12-24-56(50)64(57(51)39-47)54-22-10-7-18-48(54)49-19-8-11-23-55(49)64/h1-39H. The maximum atomic E-state index is 6.65. The predicted octanol–water partition coefficient (Wildman–Crippen LogP) is 16.1. The Morgan fingerprint density at radius 1 is 0.265 bits per heavy atom. The second-order valence-corrected chi connectivity index (χ2v) is 17.8.